The minimum Gasteiger partial charge on any atom is -0.493 e. The predicted molar refractivity (Wildman–Crippen MR) is 99.6 cm³/mol. The number of hydrogen-bond donors (Lipinski definition) is 1. The summed E-state index contributed by atoms with van der Waals surface area (Å²) in [5.74, 6) is 0.193. The van der Waals surface area contributed by atoms with Gasteiger partial charge in [0.05, 0.1) is 31.4 Å². The van der Waals surface area contributed by atoms with E-state index in [9.17, 15) is 9.59 Å². The number of benzene rings is 1. The van der Waals surface area contributed by atoms with Gasteiger partial charge in [-0.25, -0.2) is 4.79 Å². The standard InChI is InChI=1S/C17H19N3O5S/c1-10(2)25-12-6-5-11(7-13(12)23-3)9-18-20-17-19-16(22)14(26-17)8-15(21)24-4/h5-10H,1-4H3,(H,19,20,22)/b14-8+,18-9?. The molecule has 1 amide bonds. The molecule has 1 N–H and O–H groups in total. The molecular formula is C17H19N3O5S. The molecule has 8 nitrogen and oxygen atoms in total. The Balaban J connectivity index is 2.08. The number of hydrogen-bond acceptors (Lipinski definition) is 8. The van der Waals surface area contributed by atoms with Gasteiger partial charge in [0.15, 0.2) is 16.7 Å². The van der Waals surface area contributed by atoms with Gasteiger partial charge < -0.3 is 14.2 Å². The fraction of sp³-hybridized carbons (Fsp3) is 0.294. The maximum Gasteiger partial charge on any atom is 0.331 e. The summed E-state index contributed by atoms with van der Waals surface area (Å²) in [4.78, 5) is 23.1. The van der Waals surface area contributed by atoms with Gasteiger partial charge in [0.25, 0.3) is 5.91 Å². The van der Waals surface area contributed by atoms with Crippen LogP contribution in [0.3, 0.4) is 0 Å². The number of amidine groups is 1. The van der Waals surface area contributed by atoms with Crippen LogP contribution in [0.25, 0.3) is 0 Å². The lowest BCUT2D eigenvalue weighted by Gasteiger charge is -2.13. The molecule has 0 spiro atoms. The Morgan fingerprint density at radius 2 is 2.04 bits per heavy atom. The summed E-state index contributed by atoms with van der Waals surface area (Å²) in [5, 5.41) is 10.7. The molecule has 1 aliphatic rings. The van der Waals surface area contributed by atoms with E-state index in [1.807, 2.05) is 19.9 Å². The Labute approximate surface area is 155 Å². The second-order valence-corrected chi connectivity index (χ2v) is 6.35. The molecule has 0 saturated carbocycles. The quantitative estimate of drug-likeness (QED) is 0.353. The van der Waals surface area contributed by atoms with Crippen LogP contribution in [-0.4, -0.2) is 43.6 Å². The molecular weight excluding hydrogens is 358 g/mol. The van der Waals surface area contributed by atoms with Gasteiger partial charge in [0.2, 0.25) is 0 Å². The number of carbonyl (C=O) groups excluding carboxylic acids is 2. The van der Waals surface area contributed by atoms with Gasteiger partial charge in [0.1, 0.15) is 0 Å². The van der Waals surface area contributed by atoms with Crippen molar-refractivity contribution in [1.82, 2.24) is 5.32 Å². The third-order valence-electron chi connectivity index (χ3n) is 3.01. The fourth-order valence-corrected chi connectivity index (χ4v) is 2.64. The average molecular weight is 377 g/mol. The zero-order valence-electron chi connectivity index (χ0n) is 14.8. The maximum atomic E-state index is 11.7. The van der Waals surface area contributed by atoms with Crippen LogP contribution >= 0.6 is 11.8 Å². The number of nitrogens with zero attached hydrogens (tertiary/aromatic N) is 2. The van der Waals surface area contributed by atoms with Crippen molar-refractivity contribution in [3.05, 3.63) is 34.7 Å². The highest BCUT2D eigenvalue weighted by Crippen LogP contribution is 2.28. The van der Waals surface area contributed by atoms with Crippen molar-refractivity contribution in [2.45, 2.75) is 20.0 Å². The molecule has 0 atom stereocenters. The first kappa shape index (κ1) is 19.5. The number of esters is 1. The Hall–Kier alpha value is -2.81. The summed E-state index contributed by atoms with van der Waals surface area (Å²) in [6, 6.07) is 5.37. The smallest absolute Gasteiger partial charge is 0.331 e. The van der Waals surface area contributed by atoms with Crippen molar-refractivity contribution in [2.24, 2.45) is 10.2 Å². The zero-order valence-corrected chi connectivity index (χ0v) is 15.6. The monoisotopic (exact) mass is 377 g/mol. The van der Waals surface area contributed by atoms with E-state index in [1.165, 1.54) is 13.3 Å². The lowest BCUT2D eigenvalue weighted by molar-refractivity contribution is -0.135. The first-order chi connectivity index (χ1) is 12.4. The van der Waals surface area contributed by atoms with Gasteiger partial charge in [-0.15, -0.1) is 5.10 Å². The molecule has 0 unspecified atom stereocenters. The number of rotatable bonds is 6. The van der Waals surface area contributed by atoms with Crippen LogP contribution in [0.1, 0.15) is 19.4 Å². The van der Waals surface area contributed by atoms with Crippen molar-refractivity contribution < 1.29 is 23.8 Å². The molecule has 0 aromatic heterocycles. The number of methoxy groups -OCH3 is 2. The first-order valence-corrected chi connectivity index (χ1v) is 8.49. The van der Waals surface area contributed by atoms with Crippen LogP contribution in [-0.2, 0) is 14.3 Å². The molecule has 1 heterocycles. The molecule has 1 saturated heterocycles. The normalized spacial score (nSPS) is 17.2. The molecule has 2 rings (SSSR count). The van der Waals surface area contributed by atoms with Crippen LogP contribution in [0.4, 0.5) is 0 Å². The molecule has 9 heteroatoms. The van der Waals surface area contributed by atoms with Crippen molar-refractivity contribution in [1.29, 1.82) is 0 Å². The summed E-state index contributed by atoms with van der Waals surface area (Å²) in [6.45, 7) is 3.86. The van der Waals surface area contributed by atoms with Gasteiger partial charge in [-0.1, -0.05) is 0 Å². The minimum absolute atomic E-state index is 0.0325. The molecule has 1 aliphatic heterocycles. The average Bonchev–Trinajstić information content (AvgIpc) is 2.95. The lowest BCUT2D eigenvalue weighted by Crippen LogP contribution is -2.19. The van der Waals surface area contributed by atoms with E-state index in [-0.39, 0.29) is 16.2 Å². The summed E-state index contributed by atoms with van der Waals surface area (Å²) >= 11 is 1.01. The van der Waals surface area contributed by atoms with Gasteiger partial charge in [-0.05, 0) is 49.4 Å². The highest BCUT2D eigenvalue weighted by molar-refractivity contribution is 8.18. The molecule has 138 valence electrons. The molecule has 0 radical (unpaired) electrons. The lowest BCUT2D eigenvalue weighted by atomic mass is 10.2. The number of ether oxygens (including phenoxy) is 3. The first-order valence-electron chi connectivity index (χ1n) is 7.67. The van der Waals surface area contributed by atoms with E-state index in [0.717, 1.165) is 23.4 Å². The number of thioether (sulfide) groups is 1. The summed E-state index contributed by atoms with van der Waals surface area (Å²) in [5.41, 5.74) is 0.752. The SMILES string of the molecule is COC(=O)/C=C1/S/C(=N\N=Cc2ccc(OC(C)C)c(OC)c2)NC1=O. The topological polar surface area (TPSA) is 98.6 Å². The van der Waals surface area contributed by atoms with E-state index < -0.39 is 11.9 Å². The maximum absolute atomic E-state index is 11.7. The second-order valence-electron chi connectivity index (χ2n) is 5.31. The van der Waals surface area contributed by atoms with Crippen molar-refractivity contribution in [3.8, 4) is 11.5 Å². The number of nitrogens with one attached hydrogen (secondary N) is 1. The Bertz CT molecular complexity index is 787. The highest BCUT2D eigenvalue weighted by Gasteiger charge is 2.24. The van der Waals surface area contributed by atoms with E-state index in [0.29, 0.717) is 11.5 Å². The second kappa shape index (κ2) is 9.04. The summed E-state index contributed by atoms with van der Waals surface area (Å²) in [6.07, 6.45) is 2.65. The van der Waals surface area contributed by atoms with Crippen molar-refractivity contribution in [3.63, 3.8) is 0 Å². The van der Waals surface area contributed by atoms with E-state index in [4.69, 9.17) is 9.47 Å². The Kier molecular flexibility index (Phi) is 6.79. The fourth-order valence-electron chi connectivity index (χ4n) is 1.90. The van der Waals surface area contributed by atoms with Gasteiger partial charge in [0, 0.05) is 6.08 Å². The zero-order chi connectivity index (χ0) is 19.1. The van der Waals surface area contributed by atoms with Crippen LogP contribution in [0, 0.1) is 0 Å². The van der Waals surface area contributed by atoms with Gasteiger partial charge in [-0.3, -0.25) is 10.1 Å². The van der Waals surface area contributed by atoms with Gasteiger partial charge >= 0.3 is 5.97 Å². The van der Waals surface area contributed by atoms with Crippen LogP contribution in [0.2, 0.25) is 0 Å². The van der Waals surface area contributed by atoms with Crippen molar-refractivity contribution in [2.75, 3.05) is 14.2 Å². The van der Waals surface area contributed by atoms with Crippen LogP contribution in [0.5, 0.6) is 11.5 Å². The molecule has 1 aromatic rings. The third-order valence-corrected chi connectivity index (χ3v) is 3.91. The predicted octanol–water partition coefficient (Wildman–Crippen LogP) is 2.09. The molecule has 26 heavy (non-hydrogen) atoms. The van der Waals surface area contributed by atoms with E-state index in [2.05, 4.69) is 20.3 Å². The van der Waals surface area contributed by atoms with Gasteiger partial charge in [-0.2, -0.15) is 5.10 Å². The Morgan fingerprint density at radius 1 is 1.27 bits per heavy atom. The number of carbonyl (C=O) groups is 2. The minimum atomic E-state index is -0.608. The summed E-state index contributed by atoms with van der Waals surface area (Å²) in [7, 11) is 2.80. The van der Waals surface area contributed by atoms with E-state index in [1.54, 1.807) is 19.2 Å². The van der Waals surface area contributed by atoms with Crippen LogP contribution < -0.4 is 14.8 Å². The van der Waals surface area contributed by atoms with Crippen molar-refractivity contribution >= 4 is 35.0 Å². The largest absolute Gasteiger partial charge is 0.493 e. The molecule has 0 aliphatic carbocycles. The Morgan fingerprint density at radius 3 is 2.69 bits per heavy atom. The summed E-state index contributed by atoms with van der Waals surface area (Å²) < 4.78 is 15.4. The molecule has 1 fully saturated rings. The van der Waals surface area contributed by atoms with E-state index >= 15 is 0 Å². The van der Waals surface area contributed by atoms with Crippen LogP contribution in [0.15, 0.2) is 39.4 Å². The molecule has 1 aromatic carbocycles. The molecule has 0 bridgehead atoms. The number of amides is 1. The third kappa shape index (κ3) is 5.35. The highest BCUT2D eigenvalue weighted by atomic mass is 32.2.